The molecule has 0 unspecified atom stereocenters. The van der Waals surface area contributed by atoms with Crippen LogP contribution in [0.1, 0.15) is 35.7 Å². The summed E-state index contributed by atoms with van der Waals surface area (Å²) in [6.45, 7) is 4.25. The first kappa shape index (κ1) is 18.7. The number of halogens is 1. The van der Waals surface area contributed by atoms with Crippen molar-refractivity contribution in [1.29, 1.82) is 0 Å². The van der Waals surface area contributed by atoms with Crippen LogP contribution in [0.3, 0.4) is 0 Å². The summed E-state index contributed by atoms with van der Waals surface area (Å²) < 4.78 is 1.13. The molecule has 0 atom stereocenters. The van der Waals surface area contributed by atoms with Crippen LogP contribution in [0.5, 0.6) is 0 Å². The van der Waals surface area contributed by atoms with E-state index >= 15 is 0 Å². The lowest BCUT2D eigenvalue weighted by atomic mass is 10.0. The number of hydrogen-bond acceptors (Lipinski definition) is 3. The molecule has 3 nitrogen and oxygen atoms in total. The molecule has 0 saturated heterocycles. The number of hydrogen-bond donors (Lipinski definition) is 1. The lowest BCUT2D eigenvalue weighted by Gasteiger charge is -2.10. The van der Waals surface area contributed by atoms with E-state index < -0.39 is 0 Å². The third-order valence-corrected chi connectivity index (χ3v) is 6.01. The standard InChI is InChI=1S/C23H19ClN2OS/c1-14(2)15-7-9-16(10-8-15)22(27)25-20-13-17(11-12-18(20)24)23-26-19-5-3-4-6-21(19)28-23/h3-14H,1-2H3,(H,25,27). The number of rotatable bonds is 4. The first-order valence-electron chi connectivity index (χ1n) is 9.08. The fraction of sp³-hybridized carbons (Fsp3) is 0.130. The average molecular weight is 407 g/mol. The van der Waals surface area contributed by atoms with Crippen LogP contribution >= 0.6 is 22.9 Å². The van der Waals surface area contributed by atoms with Gasteiger partial charge in [-0.15, -0.1) is 11.3 Å². The number of para-hydroxylation sites is 1. The average Bonchev–Trinajstić information content (AvgIpc) is 3.14. The highest BCUT2D eigenvalue weighted by molar-refractivity contribution is 7.21. The summed E-state index contributed by atoms with van der Waals surface area (Å²) in [7, 11) is 0. The van der Waals surface area contributed by atoms with E-state index in [9.17, 15) is 4.79 Å². The molecule has 0 saturated carbocycles. The first-order chi connectivity index (χ1) is 13.5. The van der Waals surface area contributed by atoms with Crippen LogP contribution in [0, 0.1) is 0 Å². The van der Waals surface area contributed by atoms with Crippen LogP contribution in [0.4, 0.5) is 5.69 Å². The van der Waals surface area contributed by atoms with Crippen molar-refractivity contribution in [2.45, 2.75) is 19.8 Å². The fourth-order valence-corrected chi connectivity index (χ4v) is 4.09. The Balaban J connectivity index is 1.61. The summed E-state index contributed by atoms with van der Waals surface area (Å²) >= 11 is 7.95. The minimum atomic E-state index is -0.182. The van der Waals surface area contributed by atoms with Gasteiger partial charge in [-0.2, -0.15) is 0 Å². The summed E-state index contributed by atoms with van der Waals surface area (Å²) in [5, 5.41) is 4.32. The SMILES string of the molecule is CC(C)c1ccc(C(=O)Nc2cc(-c3nc4ccccc4s3)ccc2Cl)cc1. The molecule has 1 amide bonds. The third kappa shape index (κ3) is 3.79. The molecular formula is C23H19ClN2OS. The highest BCUT2D eigenvalue weighted by Crippen LogP contribution is 2.34. The van der Waals surface area contributed by atoms with Crippen molar-refractivity contribution in [3.63, 3.8) is 0 Å². The van der Waals surface area contributed by atoms with Gasteiger partial charge in [0.15, 0.2) is 0 Å². The predicted octanol–water partition coefficient (Wildman–Crippen LogP) is 6.99. The molecule has 1 N–H and O–H groups in total. The summed E-state index contributed by atoms with van der Waals surface area (Å²) in [5.74, 6) is 0.246. The van der Waals surface area contributed by atoms with E-state index in [0.717, 1.165) is 20.8 Å². The van der Waals surface area contributed by atoms with Crippen molar-refractivity contribution < 1.29 is 4.79 Å². The van der Waals surface area contributed by atoms with E-state index in [1.165, 1.54) is 5.56 Å². The third-order valence-electron chi connectivity index (χ3n) is 4.59. The van der Waals surface area contributed by atoms with Crippen molar-refractivity contribution in [3.05, 3.63) is 82.9 Å². The van der Waals surface area contributed by atoms with E-state index in [4.69, 9.17) is 11.6 Å². The van der Waals surface area contributed by atoms with E-state index in [-0.39, 0.29) is 5.91 Å². The van der Waals surface area contributed by atoms with Gasteiger partial charge in [-0.25, -0.2) is 4.98 Å². The summed E-state index contributed by atoms with van der Waals surface area (Å²) in [6.07, 6.45) is 0. The number of amides is 1. The molecule has 28 heavy (non-hydrogen) atoms. The Bertz CT molecular complexity index is 1120. The zero-order chi connectivity index (χ0) is 19.7. The number of nitrogens with one attached hydrogen (secondary N) is 1. The van der Waals surface area contributed by atoms with E-state index in [1.54, 1.807) is 17.4 Å². The maximum Gasteiger partial charge on any atom is 0.255 e. The Kier molecular flexibility index (Phi) is 5.16. The second kappa shape index (κ2) is 7.74. The molecule has 0 fully saturated rings. The van der Waals surface area contributed by atoms with Gasteiger partial charge in [0, 0.05) is 11.1 Å². The normalized spacial score (nSPS) is 11.1. The molecule has 0 spiro atoms. The molecule has 4 rings (SSSR count). The number of anilines is 1. The molecule has 0 aliphatic heterocycles. The number of nitrogens with zero attached hydrogens (tertiary/aromatic N) is 1. The number of carbonyl (C=O) groups excluding carboxylic acids is 1. The number of thiazole rings is 1. The molecule has 0 bridgehead atoms. The zero-order valence-corrected chi connectivity index (χ0v) is 17.1. The van der Waals surface area contributed by atoms with Crippen LogP contribution < -0.4 is 5.32 Å². The lowest BCUT2D eigenvalue weighted by molar-refractivity contribution is 0.102. The van der Waals surface area contributed by atoms with Gasteiger partial charge < -0.3 is 5.32 Å². The summed E-state index contributed by atoms with van der Waals surface area (Å²) in [5.41, 5.74) is 4.28. The predicted molar refractivity (Wildman–Crippen MR) is 119 cm³/mol. The quantitative estimate of drug-likeness (QED) is 0.396. The van der Waals surface area contributed by atoms with Crippen molar-refractivity contribution in [1.82, 2.24) is 4.98 Å². The van der Waals surface area contributed by atoms with E-state index in [1.807, 2.05) is 54.6 Å². The van der Waals surface area contributed by atoms with Crippen LogP contribution in [0.25, 0.3) is 20.8 Å². The van der Waals surface area contributed by atoms with Gasteiger partial charge in [-0.05, 0) is 47.9 Å². The smallest absolute Gasteiger partial charge is 0.255 e. The highest BCUT2D eigenvalue weighted by atomic mass is 35.5. The Morgan fingerprint density at radius 2 is 1.79 bits per heavy atom. The largest absolute Gasteiger partial charge is 0.321 e. The monoisotopic (exact) mass is 406 g/mol. The van der Waals surface area contributed by atoms with Crippen LogP contribution in [-0.4, -0.2) is 10.9 Å². The molecule has 0 radical (unpaired) electrons. The van der Waals surface area contributed by atoms with E-state index in [2.05, 4.69) is 30.2 Å². The highest BCUT2D eigenvalue weighted by Gasteiger charge is 2.12. The minimum absolute atomic E-state index is 0.182. The molecule has 140 valence electrons. The van der Waals surface area contributed by atoms with Gasteiger partial charge in [-0.1, -0.05) is 55.8 Å². The molecule has 1 heterocycles. The maximum atomic E-state index is 12.7. The summed E-state index contributed by atoms with van der Waals surface area (Å²) in [6, 6.07) is 21.3. The Hall–Kier alpha value is -2.69. The van der Waals surface area contributed by atoms with Crippen molar-refractivity contribution >= 4 is 44.7 Å². The van der Waals surface area contributed by atoms with Crippen LogP contribution in [0.15, 0.2) is 66.7 Å². The minimum Gasteiger partial charge on any atom is -0.321 e. The van der Waals surface area contributed by atoms with Crippen LogP contribution in [-0.2, 0) is 0 Å². The molecular weight excluding hydrogens is 388 g/mol. The van der Waals surface area contributed by atoms with Crippen molar-refractivity contribution in [2.75, 3.05) is 5.32 Å². The van der Waals surface area contributed by atoms with Crippen LogP contribution in [0.2, 0.25) is 5.02 Å². The Morgan fingerprint density at radius 3 is 2.50 bits per heavy atom. The van der Waals surface area contributed by atoms with Gasteiger partial charge in [0.25, 0.3) is 5.91 Å². The van der Waals surface area contributed by atoms with Crippen molar-refractivity contribution in [3.8, 4) is 10.6 Å². The van der Waals surface area contributed by atoms with Crippen molar-refractivity contribution in [2.24, 2.45) is 0 Å². The number of carbonyl (C=O) groups is 1. The van der Waals surface area contributed by atoms with Gasteiger partial charge in [0.05, 0.1) is 20.9 Å². The molecule has 1 aromatic heterocycles. The molecule has 3 aromatic carbocycles. The summed E-state index contributed by atoms with van der Waals surface area (Å²) in [4.78, 5) is 17.3. The fourth-order valence-electron chi connectivity index (χ4n) is 2.96. The molecule has 0 aliphatic rings. The maximum absolute atomic E-state index is 12.7. The molecule has 4 aromatic rings. The number of fused-ring (bicyclic) bond motifs is 1. The van der Waals surface area contributed by atoms with Gasteiger partial charge in [-0.3, -0.25) is 4.79 Å². The van der Waals surface area contributed by atoms with E-state index in [0.29, 0.717) is 22.2 Å². The second-order valence-electron chi connectivity index (χ2n) is 6.91. The number of benzene rings is 3. The van der Waals surface area contributed by atoms with Gasteiger partial charge in [0.1, 0.15) is 5.01 Å². The topological polar surface area (TPSA) is 42.0 Å². The number of aromatic nitrogens is 1. The van der Waals surface area contributed by atoms with Gasteiger partial charge >= 0.3 is 0 Å². The lowest BCUT2D eigenvalue weighted by Crippen LogP contribution is -2.12. The first-order valence-corrected chi connectivity index (χ1v) is 10.3. The Labute approximate surface area is 173 Å². The van der Waals surface area contributed by atoms with Gasteiger partial charge in [0.2, 0.25) is 0 Å². The molecule has 5 heteroatoms. The zero-order valence-electron chi connectivity index (χ0n) is 15.6. The second-order valence-corrected chi connectivity index (χ2v) is 8.35. The Morgan fingerprint density at radius 1 is 1.04 bits per heavy atom. The molecule has 0 aliphatic carbocycles.